The van der Waals surface area contributed by atoms with Crippen LogP contribution in [-0.4, -0.2) is 32.1 Å². The molecule has 2 rings (SSSR count). The largest absolute Gasteiger partial charge is 0.465 e. The number of methoxy groups -OCH3 is 2. The van der Waals surface area contributed by atoms with Crippen LogP contribution in [0.4, 0.5) is 18.2 Å². The third-order valence-electron chi connectivity index (χ3n) is 3.59. The SMILES string of the molecule is COC(=O)c1sc(N)c(C(=O)OC)c1COC(=O)c1ccc(C(F)(F)F)cc1. The van der Waals surface area contributed by atoms with E-state index in [0.29, 0.717) is 0 Å². The number of hydrogen-bond acceptors (Lipinski definition) is 8. The molecule has 0 atom stereocenters. The van der Waals surface area contributed by atoms with E-state index >= 15 is 0 Å². The van der Waals surface area contributed by atoms with Crippen molar-refractivity contribution in [3.8, 4) is 0 Å². The van der Waals surface area contributed by atoms with Crippen LogP contribution in [-0.2, 0) is 27.0 Å². The van der Waals surface area contributed by atoms with Crippen LogP contribution in [0.15, 0.2) is 24.3 Å². The van der Waals surface area contributed by atoms with E-state index in [9.17, 15) is 27.6 Å². The molecule has 0 bridgehead atoms. The summed E-state index contributed by atoms with van der Waals surface area (Å²) in [6.45, 7) is -0.539. The summed E-state index contributed by atoms with van der Waals surface area (Å²) in [4.78, 5) is 35.9. The molecule has 0 aliphatic rings. The number of anilines is 1. The Bertz CT molecular complexity index is 905. The average Bonchev–Trinajstić information content (AvgIpc) is 3.00. The number of carbonyl (C=O) groups is 3. The Labute approximate surface area is 160 Å². The molecule has 11 heteroatoms. The van der Waals surface area contributed by atoms with Gasteiger partial charge in [-0.25, -0.2) is 14.4 Å². The van der Waals surface area contributed by atoms with Gasteiger partial charge in [-0.1, -0.05) is 0 Å². The van der Waals surface area contributed by atoms with Crippen LogP contribution in [0.3, 0.4) is 0 Å². The zero-order chi connectivity index (χ0) is 21.1. The fraction of sp³-hybridized carbons (Fsp3) is 0.235. The molecule has 150 valence electrons. The second kappa shape index (κ2) is 8.30. The zero-order valence-electron chi connectivity index (χ0n) is 14.6. The Morgan fingerprint density at radius 3 is 2.07 bits per heavy atom. The number of benzene rings is 1. The molecule has 7 nitrogen and oxygen atoms in total. The first-order chi connectivity index (χ1) is 13.1. The van der Waals surface area contributed by atoms with Crippen molar-refractivity contribution in [2.45, 2.75) is 12.8 Å². The van der Waals surface area contributed by atoms with Crippen LogP contribution in [0.5, 0.6) is 0 Å². The van der Waals surface area contributed by atoms with Gasteiger partial charge in [0, 0.05) is 5.56 Å². The molecule has 2 N–H and O–H groups in total. The lowest BCUT2D eigenvalue weighted by Crippen LogP contribution is -2.13. The lowest BCUT2D eigenvalue weighted by atomic mass is 10.1. The van der Waals surface area contributed by atoms with Gasteiger partial charge in [0.15, 0.2) is 0 Å². The maximum atomic E-state index is 12.6. The number of carbonyl (C=O) groups excluding carboxylic acids is 3. The first-order valence-electron chi connectivity index (χ1n) is 7.52. The highest BCUT2D eigenvalue weighted by Gasteiger charge is 2.31. The number of nitrogens with two attached hydrogens (primary N) is 1. The number of hydrogen-bond donors (Lipinski definition) is 1. The van der Waals surface area contributed by atoms with Gasteiger partial charge in [-0.05, 0) is 24.3 Å². The summed E-state index contributed by atoms with van der Waals surface area (Å²) >= 11 is 0.756. The minimum atomic E-state index is -4.54. The molecule has 0 aliphatic heterocycles. The zero-order valence-corrected chi connectivity index (χ0v) is 15.4. The predicted molar refractivity (Wildman–Crippen MR) is 92.0 cm³/mol. The second-order valence-corrected chi connectivity index (χ2v) is 6.34. The topological polar surface area (TPSA) is 105 Å². The van der Waals surface area contributed by atoms with Gasteiger partial charge in [0.2, 0.25) is 0 Å². The van der Waals surface area contributed by atoms with Gasteiger partial charge in [-0.15, -0.1) is 11.3 Å². The summed E-state index contributed by atoms with van der Waals surface area (Å²) in [5.74, 6) is -2.60. The molecule has 0 saturated carbocycles. The van der Waals surface area contributed by atoms with E-state index in [1.165, 1.54) is 0 Å². The lowest BCUT2D eigenvalue weighted by Gasteiger charge is -2.09. The number of halogens is 3. The van der Waals surface area contributed by atoms with Crippen molar-refractivity contribution in [3.63, 3.8) is 0 Å². The first-order valence-corrected chi connectivity index (χ1v) is 8.34. The number of esters is 3. The summed E-state index contributed by atoms with van der Waals surface area (Å²) in [5, 5.41) is -0.0344. The van der Waals surface area contributed by atoms with E-state index in [0.717, 1.165) is 49.8 Å². The molecule has 0 fully saturated rings. The smallest absolute Gasteiger partial charge is 0.416 e. The van der Waals surface area contributed by atoms with E-state index in [2.05, 4.69) is 9.47 Å². The van der Waals surface area contributed by atoms with Crippen LogP contribution < -0.4 is 5.73 Å². The van der Waals surface area contributed by atoms with Gasteiger partial charge in [0.25, 0.3) is 0 Å². The quantitative estimate of drug-likeness (QED) is 0.588. The summed E-state index contributed by atoms with van der Waals surface area (Å²) in [7, 11) is 2.23. The van der Waals surface area contributed by atoms with E-state index < -0.39 is 36.3 Å². The minimum absolute atomic E-state index is 0.0125. The van der Waals surface area contributed by atoms with Crippen LogP contribution >= 0.6 is 11.3 Å². The van der Waals surface area contributed by atoms with Gasteiger partial charge >= 0.3 is 24.1 Å². The highest BCUT2D eigenvalue weighted by molar-refractivity contribution is 7.18. The summed E-state index contributed by atoms with van der Waals surface area (Å²) in [5.41, 5.74) is 4.53. The van der Waals surface area contributed by atoms with Crippen LogP contribution in [0.2, 0.25) is 0 Å². The Morgan fingerprint density at radius 2 is 1.57 bits per heavy atom. The Kier molecular flexibility index (Phi) is 6.29. The molecule has 0 radical (unpaired) electrons. The molecular weight excluding hydrogens is 403 g/mol. The molecular formula is C17H14F3NO6S. The molecule has 1 aromatic carbocycles. The highest BCUT2D eigenvalue weighted by Crippen LogP contribution is 2.33. The first kappa shape index (κ1) is 21.2. The van der Waals surface area contributed by atoms with Crippen molar-refractivity contribution in [1.82, 2.24) is 0 Å². The lowest BCUT2D eigenvalue weighted by molar-refractivity contribution is -0.137. The molecule has 0 unspecified atom stereocenters. The summed E-state index contributed by atoms with van der Waals surface area (Å²) in [6.07, 6.45) is -4.54. The van der Waals surface area contributed by atoms with Crippen molar-refractivity contribution >= 4 is 34.2 Å². The van der Waals surface area contributed by atoms with E-state index in [1.54, 1.807) is 0 Å². The van der Waals surface area contributed by atoms with Crippen molar-refractivity contribution in [2.75, 3.05) is 20.0 Å². The van der Waals surface area contributed by atoms with Gasteiger partial charge in [-0.3, -0.25) is 0 Å². The van der Waals surface area contributed by atoms with Crippen molar-refractivity contribution in [2.24, 2.45) is 0 Å². The van der Waals surface area contributed by atoms with E-state index in [1.807, 2.05) is 0 Å². The Hall–Kier alpha value is -3.08. The van der Waals surface area contributed by atoms with Gasteiger partial charge in [0.05, 0.1) is 25.3 Å². The summed E-state index contributed by atoms with van der Waals surface area (Å²) < 4.78 is 52.0. The number of rotatable bonds is 5. The molecule has 2 aromatic rings. The highest BCUT2D eigenvalue weighted by atomic mass is 32.1. The molecule has 0 aliphatic carbocycles. The maximum absolute atomic E-state index is 12.6. The molecule has 0 amide bonds. The fourth-order valence-electron chi connectivity index (χ4n) is 2.22. The maximum Gasteiger partial charge on any atom is 0.416 e. The standard InChI is InChI=1S/C17H14F3NO6S/c1-25-15(23)11-10(12(16(24)26-2)28-13(11)21)7-27-14(22)8-3-5-9(6-4-8)17(18,19)20/h3-6H,7,21H2,1-2H3. The number of thiophene rings is 1. The molecule has 1 aromatic heterocycles. The van der Waals surface area contributed by atoms with Gasteiger partial charge in [-0.2, -0.15) is 13.2 Å². The van der Waals surface area contributed by atoms with Crippen LogP contribution in [0.1, 0.15) is 41.5 Å². The number of ether oxygens (including phenoxy) is 3. The second-order valence-electron chi connectivity index (χ2n) is 5.28. The average molecular weight is 417 g/mol. The van der Waals surface area contributed by atoms with Gasteiger partial charge < -0.3 is 19.9 Å². The molecule has 1 heterocycles. The third kappa shape index (κ3) is 4.42. The Balaban J connectivity index is 2.26. The fourth-order valence-corrected chi connectivity index (χ4v) is 3.20. The van der Waals surface area contributed by atoms with E-state index in [-0.39, 0.29) is 26.6 Å². The normalized spacial score (nSPS) is 11.0. The van der Waals surface area contributed by atoms with Crippen LogP contribution in [0, 0.1) is 0 Å². The summed E-state index contributed by atoms with van der Waals surface area (Å²) in [6, 6.07) is 3.38. The van der Waals surface area contributed by atoms with Gasteiger partial charge in [0.1, 0.15) is 22.0 Å². The predicted octanol–water partition coefficient (Wildman–Crippen LogP) is 3.28. The van der Waals surface area contributed by atoms with Crippen molar-refractivity contribution < 1.29 is 41.8 Å². The number of alkyl halides is 3. The molecule has 0 saturated heterocycles. The van der Waals surface area contributed by atoms with Crippen molar-refractivity contribution in [1.29, 1.82) is 0 Å². The molecule has 0 spiro atoms. The van der Waals surface area contributed by atoms with Crippen LogP contribution in [0.25, 0.3) is 0 Å². The number of nitrogen functional groups attached to an aromatic ring is 1. The molecule has 28 heavy (non-hydrogen) atoms. The minimum Gasteiger partial charge on any atom is -0.465 e. The van der Waals surface area contributed by atoms with Crippen molar-refractivity contribution in [3.05, 3.63) is 51.4 Å². The monoisotopic (exact) mass is 417 g/mol. The third-order valence-corrected chi connectivity index (χ3v) is 4.63. The Morgan fingerprint density at radius 1 is 1.00 bits per heavy atom. The van der Waals surface area contributed by atoms with E-state index in [4.69, 9.17) is 10.5 Å².